The van der Waals surface area contributed by atoms with Gasteiger partial charge in [0.1, 0.15) is 0 Å². The van der Waals surface area contributed by atoms with Crippen molar-refractivity contribution in [3.05, 3.63) is 94.5 Å². The van der Waals surface area contributed by atoms with Crippen molar-refractivity contribution in [1.82, 2.24) is 15.0 Å². The van der Waals surface area contributed by atoms with E-state index in [1.165, 1.54) is 17.3 Å². The smallest absolute Gasteiger partial charge is 0.250 e. The number of amides is 1. The van der Waals surface area contributed by atoms with Gasteiger partial charge < -0.3 is 4.57 Å². The first kappa shape index (κ1) is 23.1. The van der Waals surface area contributed by atoms with Gasteiger partial charge in [-0.05, 0) is 46.9 Å². The molecule has 0 aliphatic carbocycles. The lowest BCUT2D eigenvalue weighted by molar-refractivity contribution is -0.118. The molecule has 4 aromatic rings. The molecule has 33 heavy (non-hydrogen) atoms. The normalized spacial score (nSPS) is 11.5. The van der Waals surface area contributed by atoms with Gasteiger partial charge in [0.05, 0.1) is 29.5 Å². The zero-order valence-corrected chi connectivity index (χ0v) is 20.1. The maximum Gasteiger partial charge on any atom is 0.250 e. The number of halogens is 1. The van der Waals surface area contributed by atoms with Crippen molar-refractivity contribution in [2.75, 3.05) is 5.75 Å². The Balaban J connectivity index is 1.41. The Bertz CT molecular complexity index is 1260. The van der Waals surface area contributed by atoms with Crippen molar-refractivity contribution in [2.24, 2.45) is 5.10 Å². The number of para-hydroxylation sites is 2. The molecule has 0 saturated carbocycles. The van der Waals surface area contributed by atoms with Gasteiger partial charge in [-0.15, -0.1) is 0 Å². The summed E-state index contributed by atoms with van der Waals surface area (Å²) in [6.45, 7) is 4.96. The van der Waals surface area contributed by atoms with Crippen LogP contribution in [0.1, 0.15) is 36.5 Å². The van der Waals surface area contributed by atoms with Gasteiger partial charge in [0, 0.05) is 5.02 Å². The minimum atomic E-state index is -0.180. The predicted molar refractivity (Wildman–Crippen MR) is 137 cm³/mol. The number of nitrogens with one attached hydrogen (secondary N) is 1. The minimum absolute atomic E-state index is 0.180. The van der Waals surface area contributed by atoms with Crippen LogP contribution in [0, 0.1) is 0 Å². The average Bonchev–Trinajstić information content (AvgIpc) is 3.17. The first-order valence-electron chi connectivity index (χ1n) is 10.7. The number of benzene rings is 3. The highest BCUT2D eigenvalue weighted by Gasteiger charge is 2.13. The molecule has 0 spiro atoms. The first-order chi connectivity index (χ1) is 16.0. The summed E-state index contributed by atoms with van der Waals surface area (Å²) in [5.41, 5.74) is 7.86. The Morgan fingerprint density at radius 1 is 1.09 bits per heavy atom. The summed E-state index contributed by atoms with van der Waals surface area (Å²) in [7, 11) is 0. The van der Waals surface area contributed by atoms with Gasteiger partial charge in [0.15, 0.2) is 5.16 Å². The Morgan fingerprint density at radius 3 is 2.55 bits per heavy atom. The highest BCUT2D eigenvalue weighted by Crippen LogP contribution is 2.25. The second-order valence-electron chi connectivity index (χ2n) is 8.00. The molecule has 1 aromatic heterocycles. The summed E-state index contributed by atoms with van der Waals surface area (Å²) in [6.07, 6.45) is 1.66. The number of imidazole rings is 1. The van der Waals surface area contributed by atoms with Crippen molar-refractivity contribution in [3.8, 4) is 0 Å². The first-order valence-corrected chi connectivity index (χ1v) is 12.1. The van der Waals surface area contributed by atoms with Crippen molar-refractivity contribution < 1.29 is 4.79 Å². The van der Waals surface area contributed by atoms with E-state index in [4.69, 9.17) is 16.6 Å². The van der Waals surface area contributed by atoms with Crippen LogP contribution in [0.2, 0.25) is 5.02 Å². The molecule has 0 aliphatic rings. The zero-order valence-electron chi connectivity index (χ0n) is 18.5. The lowest BCUT2D eigenvalue weighted by Gasteiger charge is -2.09. The molecule has 1 heterocycles. The molecule has 1 amide bonds. The molecule has 0 atom stereocenters. The minimum Gasteiger partial charge on any atom is -0.314 e. The van der Waals surface area contributed by atoms with Crippen LogP contribution in [-0.2, 0) is 11.3 Å². The van der Waals surface area contributed by atoms with Crippen molar-refractivity contribution in [2.45, 2.75) is 31.5 Å². The molecule has 0 unspecified atom stereocenters. The van der Waals surface area contributed by atoms with Crippen LogP contribution in [0.3, 0.4) is 0 Å². The fraction of sp³-hybridized carbons (Fsp3) is 0.192. The standard InChI is InChI=1S/C26H25ClN4OS/c1-18(2)21-11-7-19(8-12-21)15-28-30-25(32)17-33-26-29-23-5-3-4-6-24(23)31(26)16-20-9-13-22(27)14-10-20/h3-15,18H,16-17H2,1-2H3,(H,30,32). The summed E-state index contributed by atoms with van der Waals surface area (Å²) in [5, 5.41) is 5.58. The number of hydrogen-bond acceptors (Lipinski definition) is 4. The van der Waals surface area contributed by atoms with Crippen molar-refractivity contribution in [3.63, 3.8) is 0 Å². The molecule has 0 fully saturated rings. The fourth-order valence-corrected chi connectivity index (χ4v) is 4.33. The van der Waals surface area contributed by atoms with E-state index >= 15 is 0 Å². The van der Waals surface area contributed by atoms with E-state index in [0.717, 1.165) is 27.3 Å². The van der Waals surface area contributed by atoms with Crippen LogP contribution in [0.15, 0.2) is 83.1 Å². The second-order valence-corrected chi connectivity index (χ2v) is 9.38. The number of hydrogen-bond donors (Lipinski definition) is 1. The van der Waals surface area contributed by atoms with E-state index in [1.807, 2.05) is 60.7 Å². The summed E-state index contributed by atoms with van der Waals surface area (Å²) in [4.78, 5) is 17.1. The second kappa shape index (κ2) is 10.7. The molecule has 5 nitrogen and oxygen atoms in total. The summed E-state index contributed by atoms with van der Waals surface area (Å²) in [6, 6.07) is 23.9. The van der Waals surface area contributed by atoms with Crippen LogP contribution in [0.4, 0.5) is 0 Å². The molecule has 0 saturated heterocycles. The largest absolute Gasteiger partial charge is 0.314 e. The lowest BCUT2D eigenvalue weighted by Crippen LogP contribution is -2.20. The number of carbonyl (C=O) groups is 1. The molecule has 0 bridgehead atoms. The van der Waals surface area contributed by atoms with Crippen LogP contribution in [0.5, 0.6) is 0 Å². The number of rotatable bonds is 8. The molecule has 168 valence electrons. The van der Waals surface area contributed by atoms with Gasteiger partial charge in [-0.3, -0.25) is 4.79 Å². The molecular weight excluding hydrogens is 452 g/mol. The number of carbonyl (C=O) groups excluding carboxylic acids is 1. The highest BCUT2D eigenvalue weighted by atomic mass is 35.5. The van der Waals surface area contributed by atoms with Gasteiger partial charge in [0.2, 0.25) is 0 Å². The molecule has 1 N–H and O–H groups in total. The van der Waals surface area contributed by atoms with E-state index < -0.39 is 0 Å². The average molecular weight is 477 g/mol. The van der Waals surface area contributed by atoms with Crippen molar-refractivity contribution >= 4 is 46.5 Å². The van der Waals surface area contributed by atoms with E-state index in [2.05, 4.69) is 41.1 Å². The van der Waals surface area contributed by atoms with E-state index in [9.17, 15) is 4.79 Å². The highest BCUT2D eigenvalue weighted by molar-refractivity contribution is 7.99. The van der Waals surface area contributed by atoms with Crippen LogP contribution >= 0.6 is 23.4 Å². The third-order valence-corrected chi connectivity index (χ3v) is 6.44. The van der Waals surface area contributed by atoms with Gasteiger partial charge in [0.25, 0.3) is 5.91 Å². The Hall–Kier alpha value is -3.09. The van der Waals surface area contributed by atoms with E-state index in [1.54, 1.807) is 6.21 Å². The van der Waals surface area contributed by atoms with Gasteiger partial charge >= 0.3 is 0 Å². The number of fused-ring (bicyclic) bond motifs is 1. The van der Waals surface area contributed by atoms with Crippen LogP contribution in [0.25, 0.3) is 11.0 Å². The third-order valence-electron chi connectivity index (χ3n) is 5.21. The number of aromatic nitrogens is 2. The number of hydrazone groups is 1. The van der Waals surface area contributed by atoms with E-state index in [0.29, 0.717) is 17.5 Å². The zero-order chi connectivity index (χ0) is 23.2. The molecule has 3 aromatic carbocycles. The maximum absolute atomic E-state index is 12.4. The van der Waals surface area contributed by atoms with Crippen LogP contribution in [-0.4, -0.2) is 27.4 Å². The van der Waals surface area contributed by atoms with E-state index in [-0.39, 0.29) is 11.7 Å². The predicted octanol–water partition coefficient (Wildman–Crippen LogP) is 6.10. The topological polar surface area (TPSA) is 59.3 Å². The SMILES string of the molecule is CC(C)c1ccc(C=NNC(=O)CSc2nc3ccccc3n2Cc2ccc(Cl)cc2)cc1. The van der Waals surface area contributed by atoms with Gasteiger partial charge in [-0.2, -0.15) is 5.10 Å². The number of thioether (sulfide) groups is 1. The molecular formula is C26H25ClN4OS. The summed E-state index contributed by atoms with van der Waals surface area (Å²) < 4.78 is 2.12. The fourth-order valence-electron chi connectivity index (χ4n) is 3.40. The molecule has 0 radical (unpaired) electrons. The third kappa shape index (κ3) is 6.03. The van der Waals surface area contributed by atoms with Gasteiger partial charge in [-0.1, -0.05) is 85.7 Å². The Kier molecular flexibility index (Phi) is 7.47. The summed E-state index contributed by atoms with van der Waals surface area (Å²) >= 11 is 7.42. The lowest BCUT2D eigenvalue weighted by atomic mass is 10.0. The molecule has 4 rings (SSSR count). The quantitative estimate of drug-likeness (QED) is 0.190. The Labute approximate surface area is 202 Å². The molecule has 7 heteroatoms. The summed E-state index contributed by atoms with van der Waals surface area (Å²) in [5.74, 6) is 0.518. The van der Waals surface area contributed by atoms with Crippen molar-refractivity contribution in [1.29, 1.82) is 0 Å². The number of nitrogens with zero attached hydrogens (tertiary/aromatic N) is 3. The van der Waals surface area contributed by atoms with Crippen LogP contribution < -0.4 is 5.43 Å². The Morgan fingerprint density at radius 2 is 1.82 bits per heavy atom. The molecule has 0 aliphatic heterocycles. The van der Waals surface area contributed by atoms with Gasteiger partial charge in [-0.25, -0.2) is 10.4 Å². The maximum atomic E-state index is 12.4. The monoisotopic (exact) mass is 476 g/mol.